The zero-order valence-electron chi connectivity index (χ0n) is 11.9. The lowest BCUT2D eigenvalue weighted by atomic mass is 10.1. The highest BCUT2D eigenvalue weighted by atomic mass is 16.3. The molecule has 1 aromatic carbocycles. The molecule has 2 rings (SSSR count). The Labute approximate surface area is 115 Å². The summed E-state index contributed by atoms with van der Waals surface area (Å²) in [5.74, 6) is 1.86. The fourth-order valence-electron chi connectivity index (χ4n) is 2.34. The van der Waals surface area contributed by atoms with Crippen LogP contribution >= 0.6 is 0 Å². The number of anilines is 1. The molecule has 0 saturated carbocycles. The van der Waals surface area contributed by atoms with Gasteiger partial charge in [-0.1, -0.05) is 18.2 Å². The molecule has 3 heteroatoms. The zero-order valence-corrected chi connectivity index (χ0v) is 11.9. The maximum Gasteiger partial charge on any atom is 0.123 e. The molecule has 2 aromatic rings. The van der Waals surface area contributed by atoms with E-state index in [1.165, 1.54) is 11.3 Å². The van der Waals surface area contributed by atoms with Crippen LogP contribution in [0.3, 0.4) is 0 Å². The van der Waals surface area contributed by atoms with Gasteiger partial charge in [0.05, 0.1) is 13.1 Å². The van der Waals surface area contributed by atoms with E-state index in [9.17, 15) is 0 Å². The number of para-hydroxylation sites is 1. The molecule has 0 saturated heterocycles. The van der Waals surface area contributed by atoms with Crippen molar-refractivity contribution in [1.29, 1.82) is 0 Å². The smallest absolute Gasteiger partial charge is 0.123 e. The zero-order chi connectivity index (χ0) is 13.8. The Kier molecular flexibility index (Phi) is 4.27. The number of furan rings is 1. The number of nitrogens with two attached hydrogens (primary N) is 1. The average molecular weight is 258 g/mol. The first-order chi connectivity index (χ1) is 9.15. The summed E-state index contributed by atoms with van der Waals surface area (Å²) < 4.78 is 5.79. The van der Waals surface area contributed by atoms with E-state index in [0.29, 0.717) is 6.54 Å². The number of hydrogen-bond donors (Lipinski definition) is 1. The Morgan fingerprint density at radius 3 is 2.47 bits per heavy atom. The Balaban J connectivity index is 2.21. The summed E-state index contributed by atoms with van der Waals surface area (Å²) in [6.07, 6.45) is 0. The minimum atomic E-state index is 0.461. The SMILES string of the molecule is CCN(Cc1cc(C)c(CN)o1)c1ccccc1C. The van der Waals surface area contributed by atoms with Gasteiger partial charge >= 0.3 is 0 Å². The highest BCUT2D eigenvalue weighted by Gasteiger charge is 2.12. The third kappa shape index (κ3) is 2.99. The first kappa shape index (κ1) is 13.7. The Bertz CT molecular complexity index is 545. The Morgan fingerprint density at radius 2 is 1.89 bits per heavy atom. The fourth-order valence-corrected chi connectivity index (χ4v) is 2.34. The minimum absolute atomic E-state index is 0.461. The van der Waals surface area contributed by atoms with Crippen LogP contribution in [0.25, 0.3) is 0 Å². The van der Waals surface area contributed by atoms with E-state index in [1.807, 2.05) is 6.92 Å². The lowest BCUT2D eigenvalue weighted by Crippen LogP contribution is -2.22. The van der Waals surface area contributed by atoms with E-state index < -0.39 is 0 Å². The molecule has 3 nitrogen and oxygen atoms in total. The monoisotopic (exact) mass is 258 g/mol. The summed E-state index contributed by atoms with van der Waals surface area (Å²) in [5, 5.41) is 0. The predicted octanol–water partition coefficient (Wildman–Crippen LogP) is 3.38. The predicted molar refractivity (Wildman–Crippen MR) is 79.2 cm³/mol. The lowest BCUT2D eigenvalue weighted by Gasteiger charge is -2.23. The third-order valence-corrected chi connectivity index (χ3v) is 3.44. The number of aryl methyl sites for hydroxylation is 2. The molecular formula is C16H22N2O. The molecule has 0 unspecified atom stereocenters. The molecule has 0 fully saturated rings. The molecule has 0 atom stereocenters. The topological polar surface area (TPSA) is 42.4 Å². The summed E-state index contributed by atoms with van der Waals surface area (Å²) >= 11 is 0. The maximum atomic E-state index is 5.79. The first-order valence-electron chi connectivity index (χ1n) is 6.74. The van der Waals surface area contributed by atoms with E-state index in [4.69, 9.17) is 10.2 Å². The van der Waals surface area contributed by atoms with Crippen molar-refractivity contribution < 1.29 is 4.42 Å². The van der Waals surface area contributed by atoms with Gasteiger partial charge in [0, 0.05) is 12.2 Å². The lowest BCUT2D eigenvalue weighted by molar-refractivity contribution is 0.461. The van der Waals surface area contributed by atoms with Crippen molar-refractivity contribution in [2.75, 3.05) is 11.4 Å². The van der Waals surface area contributed by atoms with Crippen LogP contribution in [0.2, 0.25) is 0 Å². The van der Waals surface area contributed by atoms with Gasteiger partial charge in [-0.25, -0.2) is 0 Å². The number of hydrogen-bond acceptors (Lipinski definition) is 3. The molecule has 0 spiro atoms. The summed E-state index contributed by atoms with van der Waals surface area (Å²) in [5.41, 5.74) is 9.33. The molecule has 102 valence electrons. The molecule has 2 N–H and O–H groups in total. The van der Waals surface area contributed by atoms with Crippen molar-refractivity contribution in [3.63, 3.8) is 0 Å². The van der Waals surface area contributed by atoms with Crippen molar-refractivity contribution in [3.05, 3.63) is 53.0 Å². The van der Waals surface area contributed by atoms with Gasteiger partial charge in [0.2, 0.25) is 0 Å². The average Bonchev–Trinajstić information content (AvgIpc) is 2.77. The summed E-state index contributed by atoms with van der Waals surface area (Å²) in [7, 11) is 0. The van der Waals surface area contributed by atoms with Gasteiger partial charge in [-0.05, 0) is 44.0 Å². The second-order valence-electron chi connectivity index (χ2n) is 4.82. The molecule has 0 aliphatic heterocycles. The molecule has 0 bridgehead atoms. The van der Waals surface area contributed by atoms with Crippen molar-refractivity contribution in [1.82, 2.24) is 0 Å². The summed E-state index contributed by atoms with van der Waals surface area (Å²) in [6, 6.07) is 10.5. The van der Waals surface area contributed by atoms with E-state index in [0.717, 1.165) is 30.2 Å². The standard InChI is InChI=1S/C16H22N2O/c1-4-18(15-8-6-5-7-12(15)2)11-14-9-13(3)16(10-17)19-14/h5-9H,4,10-11,17H2,1-3H3. The second kappa shape index (κ2) is 5.93. The van der Waals surface area contributed by atoms with Gasteiger partial charge in [-0.3, -0.25) is 0 Å². The van der Waals surface area contributed by atoms with Crippen LogP contribution in [0.1, 0.15) is 29.6 Å². The van der Waals surface area contributed by atoms with Crippen LogP contribution < -0.4 is 10.6 Å². The second-order valence-corrected chi connectivity index (χ2v) is 4.82. The summed E-state index contributed by atoms with van der Waals surface area (Å²) in [6.45, 7) is 8.52. The quantitative estimate of drug-likeness (QED) is 0.894. The number of benzene rings is 1. The van der Waals surface area contributed by atoms with E-state index >= 15 is 0 Å². The van der Waals surface area contributed by atoms with Crippen LogP contribution in [-0.4, -0.2) is 6.54 Å². The van der Waals surface area contributed by atoms with Crippen LogP contribution in [0.5, 0.6) is 0 Å². The number of nitrogens with zero attached hydrogens (tertiary/aromatic N) is 1. The van der Waals surface area contributed by atoms with E-state index in [1.54, 1.807) is 0 Å². The van der Waals surface area contributed by atoms with Gasteiger partial charge in [0.15, 0.2) is 0 Å². The van der Waals surface area contributed by atoms with Gasteiger partial charge in [0.1, 0.15) is 11.5 Å². The summed E-state index contributed by atoms with van der Waals surface area (Å²) in [4.78, 5) is 2.31. The van der Waals surface area contributed by atoms with Crippen LogP contribution in [0.15, 0.2) is 34.7 Å². The third-order valence-electron chi connectivity index (χ3n) is 3.44. The molecule has 0 radical (unpaired) electrons. The van der Waals surface area contributed by atoms with Gasteiger partial charge < -0.3 is 15.1 Å². The maximum absolute atomic E-state index is 5.79. The van der Waals surface area contributed by atoms with E-state index in [2.05, 4.69) is 49.1 Å². The van der Waals surface area contributed by atoms with Crippen LogP contribution in [0.4, 0.5) is 5.69 Å². The van der Waals surface area contributed by atoms with Gasteiger partial charge in [0.25, 0.3) is 0 Å². The highest BCUT2D eigenvalue weighted by molar-refractivity contribution is 5.53. The Morgan fingerprint density at radius 1 is 1.16 bits per heavy atom. The van der Waals surface area contributed by atoms with Crippen molar-refractivity contribution in [3.8, 4) is 0 Å². The normalized spacial score (nSPS) is 10.7. The molecule has 0 amide bonds. The molecule has 0 aliphatic carbocycles. The largest absolute Gasteiger partial charge is 0.463 e. The van der Waals surface area contributed by atoms with Crippen molar-refractivity contribution in [2.24, 2.45) is 5.73 Å². The molecule has 19 heavy (non-hydrogen) atoms. The number of rotatable bonds is 5. The van der Waals surface area contributed by atoms with Crippen LogP contribution in [-0.2, 0) is 13.1 Å². The van der Waals surface area contributed by atoms with Crippen molar-refractivity contribution in [2.45, 2.75) is 33.9 Å². The molecule has 1 heterocycles. The molecule has 1 aromatic heterocycles. The van der Waals surface area contributed by atoms with Gasteiger partial charge in [-0.2, -0.15) is 0 Å². The van der Waals surface area contributed by atoms with Crippen LogP contribution in [0, 0.1) is 13.8 Å². The highest BCUT2D eigenvalue weighted by Crippen LogP contribution is 2.23. The minimum Gasteiger partial charge on any atom is -0.463 e. The van der Waals surface area contributed by atoms with Crippen molar-refractivity contribution >= 4 is 5.69 Å². The Hall–Kier alpha value is -1.74. The fraction of sp³-hybridized carbons (Fsp3) is 0.375. The van der Waals surface area contributed by atoms with Gasteiger partial charge in [-0.15, -0.1) is 0 Å². The molecular weight excluding hydrogens is 236 g/mol. The van der Waals surface area contributed by atoms with E-state index in [-0.39, 0.29) is 0 Å². The first-order valence-corrected chi connectivity index (χ1v) is 6.74. The molecule has 0 aliphatic rings.